The van der Waals surface area contributed by atoms with Gasteiger partial charge in [0.1, 0.15) is 0 Å². The van der Waals surface area contributed by atoms with Crippen LogP contribution in [0.1, 0.15) is 77.5 Å². The lowest BCUT2D eigenvalue weighted by Gasteiger charge is -2.34. The lowest BCUT2D eigenvalue weighted by Crippen LogP contribution is -2.34. The number of nitrogens with one attached hydrogen (secondary N) is 1. The maximum Gasteiger partial charge on any atom is 0.271 e. The molecule has 0 unspecified atom stereocenters. The second-order valence-corrected chi connectivity index (χ2v) is 9.36. The first-order chi connectivity index (χ1) is 14.2. The molecule has 1 aromatic carbocycles. The van der Waals surface area contributed by atoms with E-state index in [0.717, 1.165) is 18.6 Å². The van der Waals surface area contributed by atoms with Crippen molar-refractivity contribution >= 4 is 23.4 Å². The predicted molar refractivity (Wildman–Crippen MR) is 112 cm³/mol. The number of fused-ring (bicyclic) bond motifs is 3. The van der Waals surface area contributed by atoms with Crippen LogP contribution in [-0.2, 0) is 4.74 Å². The van der Waals surface area contributed by atoms with E-state index in [2.05, 4.69) is 31.3 Å². The summed E-state index contributed by atoms with van der Waals surface area (Å²) < 4.78 is 4.99. The minimum absolute atomic E-state index is 0.00791. The number of imide groups is 1. The number of hydrogen-bond acceptors (Lipinski definition) is 5. The monoisotopic (exact) mass is 411 g/mol. The van der Waals surface area contributed by atoms with Crippen molar-refractivity contribution in [1.29, 1.82) is 0 Å². The Hall–Kier alpha value is -2.54. The quantitative estimate of drug-likeness (QED) is 0.442. The summed E-state index contributed by atoms with van der Waals surface area (Å²) in [6.07, 6.45) is 3.78. The Kier molecular flexibility index (Phi) is 5.04. The standard InChI is InChI=1S/C23H29N3O4/c1-22(2)15-8-9-23(22,3)18(13-15)24-25-19(27)14-6-7-16-17(12-14)21(29)26(20(16)28)10-5-11-30-4/h6-7,12,15H,5,8-11,13H2,1-4H3,(H,25,27)/b24-18-/t15-,23+/m1/s1. The lowest BCUT2D eigenvalue weighted by atomic mass is 9.70. The van der Waals surface area contributed by atoms with Gasteiger partial charge < -0.3 is 4.74 Å². The van der Waals surface area contributed by atoms with Crippen molar-refractivity contribution in [2.24, 2.45) is 21.8 Å². The molecule has 0 aromatic heterocycles. The molecule has 3 aliphatic rings. The Morgan fingerprint density at radius 2 is 1.97 bits per heavy atom. The number of carbonyl (C=O) groups excluding carboxylic acids is 3. The van der Waals surface area contributed by atoms with Gasteiger partial charge in [-0.1, -0.05) is 20.8 Å². The van der Waals surface area contributed by atoms with Gasteiger partial charge in [-0.15, -0.1) is 0 Å². The molecule has 7 heteroatoms. The van der Waals surface area contributed by atoms with Crippen LogP contribution in [0.5, 0.6) is 0 Å². The Morgan fingerprint density at radius 3 is 2.60 bits per heavy atom. The van der Waals surface area contributed by atoms with Crippen LogP contribution >= 0.6 is 0 Å². The van der Waals surface area contributed by atoms with Gasteiger partial charge in [-0.05, 0) is 55.2 Å². The predicted octanol–water partition coefficient (Wildman–Crippen LogP) is 3.25. The highest BCUT2D eigenvalue weighted by atomic mass is 16.5. The van der Waals surface area contributed by atoms with Gasteiger partial charge in [-0.3, -0.25) is 19.3 Å². The highest BCUT2D eigenvalue weighted by Gasteiger charge is 2.60. The molecule has 7 nitrogen and oxygen atoms in total. The number of ether oxygens (including phenoxy) is 1. The number of hydrogen-bond donors (Lipinski definition) is 1. The average Bonchev–Trinajstić information content (AvgIpc) is 3.18. The molecule has 0 radical (unpaired) electrons. The molecule has 2 bridgehead atoms. The van der Waals surface area contributed by atoms with Crippen LogP contribution in [-0.4, -0.2) is 48.6 Å². The van der Waals surface area contributed by atoms with Crippen molar-refractivity contribution in [3.05, 3.63) is 34.9 Å². The summed E-state index contributed by atoms with van der Waals surface area (Å²) in [6.45, 7) is 7.58. The van der Waals surface area contributed by atoms with E-state index in [9.17, 15) is 14.4 Å². The van der Waals surface area contributed by atoms with E-state index in [4.69, 9.17) is 4.74 Å². The fraction of sp³-hybridized carbons (Fsp3) is 0.565. The number of carbonyl (C=O) groups is 3. The Balaban J connectivity index is 1.49. The van der Waals surface area contributed by atoms with E-state index in [1.165, 1.54) is 17.4 Å². The van der Waals surface area contributed by atoms with E-state index in [1.807, 2.05) is 0 Å². The van der Waals surface area contributed by atoms with Crippen molar-refractivity contribution < 1.29 is 19.1 Å². The molecular weight excluding hydrogens is 382 g/mol. The molecule has 30 heavy (non-hydrogen) atoms. The van der Waals surface area contributed by atoms with Crippen LogP contribution in [0.15, 0.2) is 23.3 Å². The van der Waals surface area contributed by atoms with Crippen molar-refractivity contribution in [3.8, 4) is 0 Å². The molecule has 2 aliphatic carbocycles. The zero-order chi connectivity index (χ0) is 21.7. The first-order valence-corrected chi connectivity index (χ1v) is 10.6. The molecule has 1 N–H and O–H groups in total. The highest BCUT2D eigenvalue weighted by Crippen LogP contribution is 2.63. The summed E-state index contributed by atoms with van der Waals surface area (Å²) in [4.78, 5) is 39.1. The van der Waals surface area contributed by atoms with Gasteiger partial charge in [0.15, 0.2) is 0 Å². The summed E-state index contributed by atoms with van der Waals surface area (Å²) in [5.74, 6) is -0.455. The van der Waals surface area contributed by atoms with Gasteiger partial charge in [-0.2, -0.15) is 5.10 Å². The molecule has 0 spiro atoms. The van der Waals surface area contributed by atoms with Gasteiger partial charge in [0.25, 0.3) is 17.7 Å². The highest BCUT2D eigenvalue weighted by molar-refractivity contribution is 6.22. The molecule has 2 atom stereocenters. The second-order valence-electron chi connectivity index (χ2n) is 9.36. The third-order valence-corrected chi connectivity index (χ3v) is 7.77. The minimum Gasteiger partial charge on any atom is -0.385 e. The molecule has 1 aromatic rings. The van der Waals surface area contributed by atoms with E-state index >= 15 is 0 Å². The van der Waals surface area contributed by atoms with Crippen LogP contribution in [0, 0.1) is 16.7 Å². The largest absolute Gasteiger partial charge is 0.385 e. The average molecular weight is 412 g/mol. The fourth-order valence-electron chi connectivity index (χ4n) is 5.28. The van der Waals surface area contributed by atoms with Crippen molar-refractivity contribution in [2.75, 3.05) is 20.3 Å². The summed E-state index contributed by atoms with van der Waals surface area (Å²) in [5, 5.41) is 4.48. The van der Waals surface area contributed by atoms with Crippen LogP contribution < -0.4 is 5.43 Å². The van der Waals surface area contributed by atoms with Crippen molar-refractivity contribution in [2.45, 2.75) is 46.5 Å². The van der Waals surface area contributed by atoms with E-state index in [1.54, 1.807) is 19.2 Å². The fourth-order valence-corrected chi connectivity index (χ4v) is 5.28. The molecule has 1 heterocycles. The van der Waals surface area contributed by atoms with Crippen LogP contribution in [0.2, 0.25) is 0 Å². The van der Waals surface area contributed by atoms with Gasteiger partial charge in [0.05, 0.1) is 11.1 Å². The minimum atomic E-state index is -0.368. The first-order valence-electron chi connectivity index (χ1n) is 10.6. The maximum atomic E-state index is 12.7. The molecule has 3 amide bonds. The number of benzene rings is 1. The number of hydrazone groups is 1. The number of rotatable bonds is 6. The molecule has 160 valence electrons. The number of amides is 3. The van der Waals surface area contributed by atoms with Crippen LogP contribution in [0.4, 0.5) is 0 Å². The maximum absolute atomic E-state index is 12.7. The van der Waals surface area contributed by atoms with Gasteiger partial charge >= 0.3 is 0 Å². The van der Waals surface area contributed by atoms with Crippen LogP contribution in [0.3, 0.4) is 0 Å². The zero-order valence-electron chi connectivity index (χ0n) is 18.1. The van der Waals surface area contributed by atoms with Gasteiger partial charge in [-0.25, -0.2) is 5.43 Å². The summed E-state index contributed by atoms with van der Waals surface area (Å²) in [6, 6.07) is 4.62. The van der Waals surface area contributed by atoms with Crippen molar-refractivity contribution in [3.63, 3.8) is 0 Å². The van der Waals surface area contributed by atoms with Crippen LogP contribution in [0.25, 0.3) is 0 Å². The Bertz CT molecular complexity index is 952. The number of methoxy groups -OCH3 is 1. The third-order valence-electron chi connectivity index (χ3n) is 7.77. The lowest BCUT2D eigenvalue weighted by molar-refractivity contribution is 0.0638. The Morgan fingerprint density at radius 1 is 1.23 bits per heavy atom. The summed E-state index contributed by atoms with van der Waals surface area (Å²) >= 11 is 0. The van der Waals surface area contributed by atoms with Crippen molar-refractivity contribution in [1.82, 2.24) is 10.3 Å². The number of nitrogens with zero attached hydrogens (tertiary/aromatic N) is 2. The van der Waals surface area contributed by atoms with Gasteiger partial charge in [0, 0.05) is 37.0 Å². The molecule has 1 aliphatic heterocycles. The molecular formula is C23H29N3O4. The normalized spacial score (nSPS) is 27.8. The SMILES string of the molecule is COCCCN1C(=O)c2ccc(C(=O)N/N=C3/C[C@H]4CC[C@]3(C)C4(C)C)cc2C1=O. The second kappa shape index (κ2) is 7.30. The molecule has 0 saturated heterocycles. The van der Waals surface area contributed by atoms with E-state index in [0.29, 0.717) is 36.6 Å². The van der Waals surface area contributed by atoms with E-state index in [-0.39, 0.29) is 34.1 Å². The summed E-state index contributed by atoms with van der Waals surface area (Å²) in [5.41, 5.74) is 4.85. The first kappa shape index (κ1) is 20.7. The summed E-state index contributed by atoms with van der Waals surface area (Å²) in [7, 11) is 1.58. The molecule has 4 rings (SSSR count). The zero-order valence-corrected chi connectivity index (χ0v) is 18.1. The van der Waals surface area contributed by atoms with Gasteiger partial charge in [0.2, 0.25) is 0 Å². The molecule has 2 saturated carbocycles. The van der Waals surface area contributed by atoms with E-state index < -0.39 is 0 Å². The topological polar surface area (TPSA) is 88.1 Å². The Labute approximate surface area is 176 Å². The molecule has 2 fully saturated rings. The third kappa shape index (κ3) is 2.98. The smallest absolute Gasteiger partial charge is 0.271 e.